The zero-order valence-corrected chi connectivity index (χ0v) is 9.29. The third-order valence-electron chi connectivity index (χ3n) is 2.53. The highest BCUT2D eigenvalue weighted by molar-refractivity contribution is 5.97. The average Bonchev–Trinajstić information content (AvgIpc) is 2.35. The van der Waals surface area contributed by atoms with Crippen molar-refractivity contribution >= 4 is 5.78 Å². The van der Waals surface area contributed by atoms with Gasteiger partial charge in [0.15, 0.2) is 17.4 Å². The molecule has 0 N–H and O–H groups in total. The van der Waals surface area contributed by atoms with Crippen molar-refractivity contribution in [3.05, 3.63) is 71.0 Å². The van der Waals surface area contributed by atoms with Crippen LogP contribution < -0.4 is 0 Å². The van der Waals surface area contributed by atoms with Crippen LogP contribution in [0.1, 0.15) is 15.9 Å². The van der Waals surface area contributed by atoms with Crippen LogP contribution >= 0.6 is 0 Å². The van der Waals surface area contributed by atoms with Crippen molar-refractivity contribution in [2.45, 2.75) is 6.42 Å². The molecule has 0 atom stereocenters. The van der Waals surface area contributed by atoms with Crippen LogP contribution in [-0.2, 0) is 6.42 Å². The molecule has 0 aliphatic rings. The van der Waals surface area contributed by atoms with Gasteiger partial charge in [0.25, 0.3) is 0 Å². The maximum Gasteiger partial charge on any atom is 0.170 e. The van der Waals surface area contributed by atoms with Gasteiger partial charge in [-0.25, -0.2) is 13.2 Å². The van der Waals surface area contributed by atoms with E-state index in [0.29, 0.717) is 5.56 Å². The lowest BCUT2D eigenvalue weighted by molar-refractivity contribution is 0.0988. The number of benzene rings is 2. The Bertz CT molecular complexity index is 576. The van der Waals surface area contributed by atoms with E-state index in [-0.39, 0.29) is 12.0 Å². The molecule has 0 saturated heterocycles. The zero-order chi connectivity index (χ0) is 13.1. The molecule has 0 heterocycles. The number of Topliss-reactive ketones (excluding diaryl/α,β-unsaturated/α-hetero) is 1. The fourth-order valence-electron chi connectivity index (χ4n) is 1.60. The molecular weight excluding hydrogens is 241 g/mol. The summed E-state index contributed by atoms with van der Waals surface area (Å²) in [7, 11) is 0. The highest BCUT2D eigenvalue weighted by atomic mass is 19.2. The zero-order valence-electron chi connectivity index (χ0n) is 9.29. The van der Waals surface area contributed by atoms with Gasteiger partial charge >= 0.3 is 0 Å². The summed E-state index contributed by atoms with van der Waals surface area (Å²) in [5.41, 5.74) is 0.254. The number of carbonyl (C=O) groups excluding carboxylic acids is 1. The maximum atomic E-state index is 13.4. The van der Waals surface area contributed by atoms with E-state index in [2.05, 4.69) is 0 Å². The van der Waals surface area contributed by atoms with Crippen molar-refractivity contribution in [1.29, 1.82) is 0 Å². The van der Waals surface area contributed by atoms with Gasteiger partial charge in [-0.1, -0.05) is 18.2 Å². The monoisotopic (exact) mass is 250 g/mol. The van der Waals surface area contributed by atoms with Crippen molar-refractivity contribution in [1.82, 2.24) is 0 Å². The highest BCUT2D eigenvalue weighted by Gasteiger charge is 2.15. The summed E-state index contributed by atoms with van der Waals surface area (Å²) in [4.78, 5) is 11.8. The molecule has 0 aromatic heterocycles. The topological polar surface area (TPSA) is 17.1 Å². The van der Waals surface area contributed by atoms with E-state index in [0.717, 1.165) is 6.07 Å². The molecule has 0 aliphatic carbocycles. The lowest BCUT2D eigenvalue weighted by atomic mass is 10.0. The highest BCUT2D eigenvalue weighted by Crippen LogP contribution is 2.14. The molecule has 0 saturated carbocycles. The number of rotatable bonds is 3. The second-order valence-electron chi connectivity index (χ2n) is 3.83. The number of hydrogen-bond donors (Lipinski definition) is 0. The lowest BCUT2D eigenvalue weighted by Gasteiger charge is -2.03. The van der Waals surface area contributed by atoms with Gasteiger partial charge in [-0.15, -0.1) is 0 Å². The van der Waals surface area contributed by atoms with Gasteiger partial charge < -0.3 is 0 Å². The molecule has 0 fully saturated rings. The SMILES string of the molecule is O=C(Cc1ccc(F)cc1)c1cccc(F)c1F. The Balaban J connectivity index is 2.22. The van der Waals surface area contributed by atoms with Gasteiger partial charge in [0.2, 0.25) is 0 Å². The Morgan fingerprint density at radius 2 is 1.61 bits per heavy atom. The molecule has 0 aliphatic heterocycles. The first-order chi connectivity index (χ1) is 8.58. The predicted molar refractivity (Wildman–Crippen MR) is 60.8 cm³/mol. The Hall–Kier alpha value is -2.10. The van der Waals surface area contributed by atoms with E-state index in [1.807, 2.05) is 0 Å². The normalized spacial score (nSPS) is 10.4. The first-order valence-electron chi connectivity index (χ1n) is 5.29. The molecule has 2 rings (SSSR count). The second kappa shape index (κ2) is 5.04. The Labute approximate surface area is 102 Å². The second-order valence-corrected chi connectivity index (χ2v) is 3.83. The Morgan fingerprint density at radius 3 is 2.28 bits per heavy atom. The van der Waals surface area contributed by atoms with Crippen LogP contribution in [0, 0.1) is 17.5 Å². The van der Waals surface area contributed by atoms with Crippen molar-refractivity contribution < 1.29 is 18.0 Å². The van der Waals surface area contributed by atoms with Gasteiger partial charge in [-0.2, -0.15) is 0 Å². The molecule has 92 valence electrons. The minimum atomic E-state index is -1.15. The predicted octanol–water partition coefficient (Wildman–Crippen LogP) is 3.53. The number of hydrogen-bond acceptors (Lipinski definition) is 1. The summed E-state index contributed by atoms with van der Waals surface area (Å²) in [5, 5.41) is 0. The van der Waals surface area contributed by atoms with Crippen LogP contribution in [0.5, 0.6) is 0 Å². The summed E-state index contributed by atoms with van der Waals surface area (Å²) in [6.07, 6.45) is -0.0966. The quantitative estimate of drug-likeness (QED) is 0.761. The first kappa shape index (κ1) is 12.4. The van der Waals surface area contributed by atoms with E-state index in [9.17, 15) is 18.0 Å². The van der Waals surface area contributed by atoms with Crippen LogP contribution in [0.3, 0.4) is 0 Å². The fourth-order valence-corrected chi connectivity index (χ4v) is 1.60. The van der Waals surface area contributed by atoms with Gasteiger partial charge in [0, 0.05) is 6.42 Å². The van der Waals surface area contributed by atoms with E-state index in [4.69, 9.17) is 0 Å². The third-order valence-corrected chi connectivity index (χ3v) is 2.53. The summed E-state index contributed by atoms with van der Waals surface area (Å²) >= 11 is 0. The van der Waals surface area contributed by atoms with E-state index >= 15 is 0 Å². The van der Waals surface area contributed by atoms with Crippen molar-refractivity contribution in [3.8, 4) is 0 Å². The maximum absolute atomic E-state index is 13.4. The van der Waals surface area contributed by atoms with Gasteiger partial charge in [-0.05, 0) is 29.8 Å². The molecule has 0 unspecified atom stereocenters. The lowest BCUT2D eigenvalue weighted by Crippen LogP contribution is -2.07. The molecule has 0 bridgehead atoms. The molecule has 1 nitrogen and oxygen atoms in total. The van der Waals surface area contributed by atoms with E-state index < -0.39 is 23.2 Å². The molecule has 2 aromatic rings. The smallest absolute Gasteiger partial charge is 0.170 e. The number of carbonyl (C=O) groups is 1. The summed E-state index contributed by atoms with van der Waals surface area (Å²) in [6.45, 7) is 0. The third kappa shape index (κ3) is 2.59. The largest absolute Gasteiger partial charge is 0.294 e. The van der Waals surface area contributed by atoms with Gasteiger partial charge in [0.05, 0.1) is 5.56 Å². The van der Waals surface area contributed by atoms with Crippen molar-refractivity contribution in [3.63, 3.8) is 0 Å². The molecule has 0 spiro atoms. The number of halogens is 3. The molecule has 18 heavy (non-hydrogen) atoms. The summed E-state index contributed by atoms with van der Waals surface area (Å²) < 4.78 is 39.0. The molecule has 0 radical (unpaired) electrons. The van der Waals surface area contributed by atoms with Crippen LogP contribution in [0.25, 0.3) is 0 Å². The van der Waals surface area contributed by atoms with Gasteiger partial charge in [-0.3, -0.25) is 4.79 Å². The van der Waals surface area contributed by atoms with E-state index in [1.54, 1.807) is 0 Å². The minimum absolute atomic E-state index is 0.0966. The summed E-state index contributed by atoms with van der Waals surface area (Å²) in [5.74, 6) is -3.16. The molecule has 2 aromatic carbocycles. The van der Waals surface area contributed by atoms with Crippen LogP contribution in [0.2, 0.25) is 0 Å². The van der Waals surface area contributed by atoms with Crippen molar-refractivity contribution in [2.24, 2.45) is 0 Å². The minimum Gasteiger partial charge on any atom is -0.294 e. The molecular formula is C14H9F3O. The van der Waals surface area contributed by atoms with Crippen LogP contribution in [0.4, 0.5) is 13.2 Å². The average molecular weight is 250 g/mol. The Kier molecular flexibility index (Phi) is 3.46. The fraction of sp³-hybridized carbons (Fsp3) is 0.0714. The Morgan fingerprint density at radius 1 is 0.944 bits per heavy atom. The van der Waals surface area contributed by atoms with Crippen LogP contribution in [0.15, 0.2) is 42.5 Å². The van der Waals surface area contributed by atoms with Crippen molar-refractivity contribution in [2.75, 3.05) is 0 Å². The van der Waals surface area contributed by atoms with Gasteiger partial charge in [0.1, 0.15) is 5.82 Å². The number of ketones is 1. The molecule has 4 heteroatoms. The van der Waals surface area contributed by atoms with Crippen LogP contribution in [-0.4, -0.2) is 5.78 Å². The summed E-state index contributed by atoms with van der Waals surface area (Å²) in [6, 6.07) is 8.74. The standard InChI is InChI=1S/C14H9F3O/c15-10-6-4-9(5-7-10)8-13(18)11-2-1-3-12(16)14(11)17/h1-7H,8H2. The van der Waals surface area contributed by atoms with E-state index in [1.165, 1.54) is 36.4 Å². The first-order valence-corrected chi connectivity index (χ1v) is 5.29. The molecule has 0 amide bonds.